The van der Waals surface area contributed by atoms with E-state index >= 15 is 0 Å². The summed E-state index contributed by atoms with van der Waals surface area (Å²) in [6.07, 6.45) is 3.72. The van der Waals surface area contributed by atoms with Gasteiger partial charge in [-0.3, -0.25) is 4.79 Å². The summed E-state index contributed by atoms with van der Waals surface area (Å²) in [6, 6.07) is 5.50. The molecule has 1 aromatic heterocycles. The van der Waals surface area contributed by atoms with Crippen molar-refractivity contribution in [3.8, 4) is 6.07 Å². The molecule has 0 unspecified atom stereocenters. The highest BCUT2D eigenvalue weighted by Gasteiger charge is 2.54. The standard InChI is InChI=1S/C19H23FN4O3/c20-19(5-6-19)17(25)24-7-8-26-13-18(12-24)4-3-15(27-18)11-23-16-2-1-14(9-21)10-22-16/h1-2,10,15H,3-8,11-13H2,(H,22,23)/t15-,18-/m0/s1. The first-order valence-electron chi connectivity index (χ1n) is 9.36. The lowest BCUT2D eigenvalue weighted by atomic mass is 10.00. The Labute approximate surface area is 157 Å². The average molecular weight is 374 g/mol. The van der Waals surface area contributed by atoms with Crippen molar-refractivity contribution in [2.75, 3.05) is 38.2 Å². The van der Waals surface area contributed by atoms with E-state index in [1.54, 1.807) is 17.0 Å². The lowest BCUT2D eigenvalue weighted by Gasteiger charge is -2.32. The number of hydrogen-bond acceptors (Lipinski definition) is 6. The molecule has 2 aliphatic heterocycles. The van der Waals surface area contributed by atoms with Gasteiger partial charge in [-0.05, 0) is 37.8 Å². The highest BCUT2D eigenvalue weighted by molar-refractivity contribution is 5.88. The molecule has 1 saturated carbocycles. The first kappa shape index (κ1) is 18.1. The van der Waals surface area contributed by atoms with Gasteiger partial charge in [-0.15, -0.1) is 0 Å². The second-order valence-corrected chi connectivity index (χ2v) is 7.63. The van der Waals surface area contributed by atoms with Gasteiger partial charge in [0.25, 0.3) is 5.91 Å². The maximum atomic E-state index is 14.2. The summed E-state index contributed by atoms with van der Waals surface area (Å²) < 4.78 is 26.2. The number of carbonyl (C=O) groups is 1. The summed E-state index contributed by atoms with van der Waals surface area (Å²) in [5.74, 6) is 0.264. The van der Waals surface area contributed by atoms with E-state index in [-0.39, 0.29) is 6.10 Å². The Morgan fingerprint density at radius 1 is 1.44 bits per heavy atom. The van der Waals surface area contributed by atoms with E-state index in [2.05, 4.69) is 10.3 Å². The Hall–Kier alpha value is -2.24. The van der Waals surface area contributed by atoms with Crippen LogP contribution in [-0.4, -0.2) is 66.0 Å². The molecule has 3 heterocycles. The Bertz CT molecular complexity index is 746. The van der Waals surface area contributed by atoms with Crippen LogP contribution in [0.1, 0.15) is 31.2 Å². The van der Waals surface area contributed by atoms with Crippen molar-refractivity contribution in [1.29, 1.82) is 5.26 Å². The van der Waals surface area contributed by atoms with Crippen LogP contribution in [-0.2, 0) is 14.3 Å². The molecule has 0 radical (unpaired) electrons. The number of halogens is 1. The zero-order valence-electron chi connectivity index (χ0n) is 15.1. The minimum Gasteiger partial charge on any atom is -0.377 e. The molecule has 0 bridgehead atoms. The summed E-state index contributed by atoms with van der Waals surface area (Å²) >= 11 is 0. The molecular weight excluding hydrogens is 351 g/mol. The zero-order chi connectivity index (χ0) is 18.9. The third-order valence-electron chi connectivity index (χ3n) is 5.45. The molecule has 3 aliphatic rings. The second-order valence-electron chi connectivity index (χ2n) is 7.63. The Kier molecular flexibility index (Phi) is 4.74. The number of aromatic nitrogens is 1. The molecule has 3 fully saturated rings. The molecule has 1 aliphatic carbocycles. The fourth-order valence-corrected chi connectivity index (χ4v) is 3.73. The van der Waals surface area contributed by atoms with E-state index in [4.69, 9.17) is 14.7 Å². The molecule has 1 aromatic rings. The quantitative estimate of drug-likeness (QED) is 0.862. The van der Waals surface area contributed by atoms with Gasteiger partial charge in [0, 0.05) is 19.3 Å². The smallest absolute Gasteiger partial charge is 0.260 e. The summed E-state index contributed by atoms with van der Waals surface area (Å²) in [4.78, 5) is 18.2. The monoisotopic (exact) mass is 374 g/mol. The zero-order valence-corrected chi connectivity index (χ0v) is 15.1. The van der Waals surface area contributed by atoms with Gasteiger partial charge in [-0.1, -0.05) is 0 Å². The van der Waals surface area contributed by atoms with Gasteiger partial charge >= 0.3 is 0 Å². The van der Waals surface area contributed by atoms with E-state index < -0.39 is 17.2 Å². The van der Waals surface area contributed by atoms with Crippen molar-refractivity contribution in [3.63, 3.8) is 0 Å². The number of nitrogens with one attached hydrogen (secondary N) is 1. The number of alkyl halides is 1. The maximum Gasteiger partial charge on any atom is 0.260 e. The number of carbonyl (C=O) groups excluding carboxylic acids is 1. The van der Waals surface area contributed by atoms with Crippen molar-refractivity contribution in [3.05, 3.63) is 23.9 Å². The lowest BCUT2D eigenvalue weighted by Crippen LogP contribution is -2.49. The number of anilines is 1. The van der Waals surface area contributed by atoms with Crippen molar-refractivity contribution in [2.24, 2.45) is 0 Å². The summed E-state index contributed by atoms with van der Waals surface area (Å²) in [7, 11) is 0. The number of rotatable bonds is 4. The van der Waals surface area contributed by atoms with Crippen LogP contribution >= 0.6 is 0 Å². The van der Waals surface area contributed by atoms with Gasteiger partial charge in [0.1, 0.15) is 17.5 Å². The Balaban J connectivity index is 1.35. The molecule has 27 heavy (non-hydrogen) atoms. The predicted octanol–water partition coefficient (Wildman–Crippen LogP) is 1.64. The molecule has 1 N–H and O–H groups in total. The van der Waals surface area contributed by atoms with Crippen LogP contribution in [0.15, 0.2) is 18.3 Å². The third-order valence-corrected chi connectivity index (χ3v) is 5.45. The normalized spacial score (nSPS) is 29.2. The van der Waals surface area contributed by atoms with Crippen molar-refractivity contribution in [1.82, 2.24) is 9.88 Å². The van der Waals surface area contributed by atoms with Gasteiger partial charge in [-0.25, -0.2) is 9.37 Å². The molecule has 2 atom stereocenters. The van der Waals surface area contributed by atoms with Crippen LogP contribution in [0.4, 0.5) is 10.2 Å². The topological polar surface area (TPSA) is 87.5 Å². The number of ether oxygens (including phenoxy) is 2. The molecule has 2 saturated heterocycles. The summed E-state index contributed by atoms with van der Waals surface area (Å²) in [5, 5.41) is 12.0. The minimum atomic E-state index is -1.66. The van der Waals surface area contributed by atoms with Crippen LogP contribution in [0.2, 0.25) is 0 Å². The molecule has 144 valence electrons. The van der Waals surface area contributed by atoms with Crippen LogP contribution in [0, 0.1) is 11.3 Å². The van der Waals surface area contributed by atoms with E-state index in [0.717, 1.165) is 12.8 Å². The van der Waals surface area contributed by atoms with Gasteiger partial charge in [-0.2, -0.15) is 5.26 Å². The third kappa shape index (κ3) is 3.89. The molecule has 1 amide bonds. The van der Waals surface area contributed by atoms with Gasteiger partial charge in [0.2, 0.25) is 0 Å². The van der Waals surface area contributed by atoms with Crippen molar-refractivity contribution < 1.29 is 18.7 Å². The van der Waals surface area contributed by atoms with E-state index in [0.29, 0.717) is 57.1 Å². The highest BCUT2D eigenvalue weighted by atomic mass is 19.1. The van der Waals surface area contributed by atoms with E-state index in [9.17, 15) is 9.18 Å². The Morgan fingerprint density at radius 3 is 3.00 bits per heavy atom. The van der Waals surface area contributed by atoms with Crippen LogP contribution in [0.3, 0.4) is 0 Å². The fourth-order valence-electron chi connectivity index (χ4n) is 3.73. The highest BCUT2D eigenvalue weighted by Crippen LogP contribution is 2.42. The van der Waals surface area contributed by atoms with Crippen molar-refractivity contribution >= 4 is 11.7 Å². The van der Waals surface area contributed by atoms with Crippen LogP contribution < -0.4 is 5.32 Å². The average Bonchev–Trinajstić information content (AvgIpc) is 3.37. The molecular formula is C19H23FN4O3. The van der Waals surface area contributed by atoms with Gasteiger partial charge in [0.15, 0.2) is 5.67 Å². The van der Waals surface area contributed by atoms with E-state index in [1.807, 2.05) is 6.07 Å². The number of nitrogens with zero attached hydrogens (tertiary/aromatic N) is 3. The minimum absolute atomic E-state index is 0.0404. The SMILES string of the molecule is N#Cc1ccc(NC[C@@H]2CC[C@]3(COCCN(C(=O)C4(F)CC4)C3)O2)nc1. The largest absolute Gasteiger partial charge is 0.377 e. The van der Waals surface area contributed by atoms with E-state index in [1.165, 1.54) is 6.20 Å². The summed E-state index contributed by atoms with van der Waals surface area (Å²) in [6.45, 7) is 2.19. The molecule has 8 heteroatoms. The first-order chi connectivity index (χ1) is 13.0. The summed E-state index contributed by atoms with van der Waals surface area (Å²) in [5.41, 5.74) is -1.72. The number of hydrogen-bond donors (Lipinski definition) is 1. The number of nitriles is 1. The second kappa shape index (κ2) is 7.06. The number of amides is 1. The fraction of sp³-hybridized carbons (Fsp3) is 0.632. The Morgan fingerprint density at radius 2 is 2.30 bits per heavy atom. The predicted molar refractivity (Wildman–Crippen MR) is 94.8 cm³/mol. The van der Waals surface area contributed by atoms with Gasteiger partial charge in [0.05, 0.1) is 31.4 Å². The van der Waals surface area contributed by atoms with Crippen LogP contribution in [0.5, 0.6) is 0 Å². The molecule has 0 aromatic carbocycles. The molecule has 7 nitrogen and oxygen atoms in total. The van der Waals surface area contributed by atoms with Crippen molar-refractivity contribution in [2.45, 2.75) is 43.1 Å². The number of pyridine rings is 1. The van der Waals surface area contributed by atoms with Gasteiger partial charge < -0.3 is 19.7 Å². The maximum absolute atomic E-state index is 14.2. The van der Waals surface area contributed by atoms with Crippen LogP contribution in [0.25, 0.3) is 0 Å². The molecule has 1 spiro atoms. The first-order valence-corrected chi connectivity index (χ1v) is 9.36. The lowest BCUT2D eigenvalue weighted by molar-refractivity contribution is -0.142. The molecule has 4 rings (SSSR count).